The number of imidazole rings is 1. The minimum Gasteiger partial charge on any atom is -0.435 e. The van der Waals surface area contributed by atoms with Gasteiger partial charge in [-0.2, -0.15) is 0 Å². The van der Waals surface area contributed by atoms with Crippen molar-refractivity contribution in [2.24, 2.45) is 0 Å². The van der Waals surface area contributed by atoms with Crippen LogP contribution >= 0.6 is 0 Å². The summed E-state index contributed by atoms with van der Waals surface area (Å²) < 4.78 is 5.97. The number of rotatable bonds is 2. The maximum Gasteiger partial charge on any atom is 0.292 e. The van der Waals surface area contributed by atoms with Crippen LogP contribution in [0.3, 0.4) is 0 Å². The number of aromatic nitrogens is 4. The number of pyridine rings is 1. The number of carbonyl (C=O) groups excluding carboxylic acids is 1. The maximum absolute atomic E-state index is 13.7. The monoisotopic (exact) mass is 415 g/mol. The molecule has 0 saturated carbocycles. The van der Waals surface area contributed by atoms with E-state index < -0.39 is 6.04 Å². The number of benzene rings is 1. The molecule has 158 valence electrons. The van der Waals surface area contributed by atoms with Gasteiger partial charge in [-0.05, 0) is 19.1 Å². The molecule has 1 amide bonds. The predicted molar refractivity (Wildman–Crippen MR) is 117 cm³/mol. The quantitative estimate of drug-likeness (QED) is 0.526. The molecule has 1 aliphatic rings. The van der Waals surface area contributed by atoms with Gasteiger partial charge in [-0.15, -0.1) is 0 Å². The van der Waals surface area contributed by atoms with Crippen molar-refractivity contribution in [2.75, 3.05) is 6.54 Å². The summed E-state index contributed by atoms with van der Waals surface area (Å²) in [7, 11) is 0. The minimum atomic E-state index is -0.394. The molecule has 7 heteroatoms. The first-order valence-corrected chi connectivity index (χ1v) is 10.5. The Labute approximate surface area is 180 Å². The number of aryl methyl sites for hydroxylation is 1. The van der Waals surface area contributed by atoms with Gasteiger partial charge < -0.3 is 14.3 Å². The normalized spacial score (nSPS) is 16.5. The molecule has 0 spiro atoms. The fraction of sp³-hybridized carbons (Fsp3) is 0.333. The third kappa shape index (κ3) is 3.30. The molecule has 7 nitrogen and oxygen atoms in total. The molecular weight excluding hydrogens is 390 g/mol. The Morgan fingerprint density at radius 1 is 1.16 bits per heavy atom. The van der Waals surface area contributed by atoms with E-state index in [0.29, 0.717) is 24.6 Å². The molecule has 1 aromatic carbocycles. The smallest absolute Gasteiger partial charge is 0.292 e. The highest BCUT2D eigenvalue weighted by Gasteiger charge is 2.38. The summed E-state index contributed by atoms with van der Waals surface area (Å²) in [5.41, 5.74) is 3.87. The zero-order chi connectivity index (χ0) is 21.8. The van der Waals surface area contributed by atoms with Crippen LogP contribution < -0.4 is 0 Å². The topological polar surface area (TPSA) is 87.9 Å². The number of aromatic amines is 1. The van der Waals surface area contributed by atoms with E-state index in [1.165, 1.54) is 0 Å². The van der Waals surface area contributed by atoms with Crippen molar-refractivity contribution in [2.45, 2.75) is 45.6 Å². The Hall–Kier alpha value is -3.48. The van der Waals surface area contributed by atoms with Gasteiger partial charge in [0.15, 0.2) is 0 Å². The summed E-state index contributed by atoms with van der Waals surface area (Å²) in [6.45, 7) is 8.42. The van der Waals surface area contributed by atoms with Crippen molar-refractivity contribution in [3.05, 3.63) is 77.2 Å². The molecule has 0 bridgehead atoms. The van der Waals surface area contributed by atoms with Gasteiger partial charge in [-0.3, -0.25) is 9.78 Å². The van der Waals surface area contributed by atoms with E-state index in [1.54, 1.807) is 11.2 Å². The summed E-state index contributed by atoms with van der Waals surface area (Å²) in [6.07, 6.45) is 2.38. The van der Waals surface area contributed by atoms with Crippen LogP contribution in [-0.4, -0.2) is 37.3 Å². The molecule has 0 fully saturated rings. The van der Waals surface area contributed by atoms with Crippen LogP contribution in [0.1, 0.15) is 66.0 Å². The number of nitrogens with one attached hydrogen (secondary N) is 1. The molecule has 4 heterocycles. The van der Waals surface area contributed by atoms with Gasteiger partial charge in [-0.25, -0.2) is 9.97 Å². The fourth-order valence-electron chi connectivity index (χ4n) is 4.08. The largest absolute Gasteiger partial charge is 0.435 e. The molecule has 0 aliphatic carbocycles. The van der Waals surface area contributed by atoms with Gasteiger partial charge in [0.2, 0.25) is 11.7 Å². The van der Waals surface area contributed by atoms with Crippen LogP contribution in [-0.2, 0) is 11.8 Å². The fourth-order valence-corrected chi connectivity index (χ4v) is 4.08. The lowest BCUT2D eigenvalue weighted by molar-refractivity contribution is 0.0650. The first-order valence-electron chi connectivity index (χ1n) is 10.5. The average molecular weight is 415 g/mol. The van der Waals surface area contributed by atoms with E-state index in [0.717, 1.165) is 28.0 Å². The summed E-state index contributed by atoms with van der Waals surface area (Å²) >= 11 is 0. The van der Waals surface area contributed by atoms with Gasteiger partial charge in [0, 0.05) is 29.5 Å². The Bertz CT molecular complexity index is 1280. The van der Waals surface area contributed by atoms with Crippen LogP contribution in [0, 0.1) is 6.92 Å². The number of H-pyrrole nitrogens is 1. The van der Waals surface area contributed by atoms with E-state index in [2.05, 4.69) is 15.0 Å². The number of oxazole rings is 1. The Morgan fingerprint density at radius 3 is 2.74 bits per heavy atom. The maximum atomic E-state index is 13.7. The van der Waals surface area contributed by atoms with Gasteiger partial charge >= 0.3 is 0 Å². The second-order valence-corrected chi connectivity index (χ2v) is 9.03. The Kier molecular flexibility index (Phi) is 4.43. The first-order chi connectivity index (χ1) is 14.8. The lowest BCUT2D eigenvalue weighted by Gasteiger charge is -2.34. The van der Waals surface area contributed by atoms with Crippen LogP contribution in [0.15, 0.2) is 47.1 Å². The SMILES string of the molecule is Cc1nc(C(C)(C)C)oc1C(=O)N1CCc2[nH]cnc2[C@H]1c1ccc2ccccc2n1. The zero-order valence-electron chi connectivity index (χ0n) is 18.1. The predicted octanol–water partition coefficient (Wildman–Crippen LogP) is 4.34. The number of amides is 1. The van der Waals surface area contributed by atoms with Crippen molar-refractivity contribution >= 4 is 16.8 Å². The second kappa shape index (κ2) is 7.04. The van der Waals surface area contributed by atoms with Gasteiger partial charge in [0.05, 0.1) is 28.9 Å². The highest BCUT2D eigenvalue weighted by atomic mass is 16.4. The van der Waals surface area contributed by atoms with E-state index in [1.807, 2.05) is 64.1 Å². The number of nitrogens with zero attached hydrogens (tertiary/aromatic N) is 4. The van der Waals surface area contributed by atoms with Crippen LogP contribution in [0.5, 0.6) is 0 Å². The number of hydrogen-bond donors (Lipinski definition) is 1. The molecule has 0 radical (unpaired) electrons. The third-order valence-electron chi connectivity index (χ3n) is 5.72. The van der Waals surface area contributed by atoms with Crippen LogP contribution in [0.25, 0.3) is 10.9 Å². The van der Waals surface area contributed by atoms with Crippen molar-refractivity contribution in [3.8, 4) is 0 Å². The van der Waals surface area contributed by atoms with E-state index >= 15 is 0 Å². The van der Waals surface area contributed by atoms with E-state index in [-0.39, 0.29) is 17.1 Å². The molecule has 31 heavy (non-hydrogen) atoms. The standard InChI is InChI=1S/C24H25N5O2/c1-14-21(31-23(27-14)24(2,3)4)22(30)29-12-11-17-19(26-13-25-17)20(29)18-10-9-15-7-5-6-8-16(15)28-18/h5-10,13,20H,11-12H2,1-4H3,(H,25,26)/t20-/m1/s1. The van der Waals surface area contributed by atoms with Gasteiger partial charge in [-0.1, -0.05) is 45.0 Å². The Morgan fingerprint density at radius 2 is 1.97 bits per heavy atom. The highest BCUT2D eigenvalue weighted by molar-refractivity contribution is 5.93. The molecule has 1 aliphatic heterocycles. The molecule has 1 N–H and O–H groups in total. The van der Waals surface area contributed by atoms with Gasteiger partial charge in [0.25, 0.3) is 5.91 Å². The Balaban J connectivity index is 1.60. The van der Waals surface area contributed by atoms with Gasteiger partial charge in [0.1, 0.15) is 6.04 Å². The summed E-state index contributed by atoms with van der Waals surface area (Å²) in [6, 6.07) is 11.6. The molecule has 0 unspecified atom stereocenters. The molecule has 5 rings (SSSR count). The van der Waals surface area contributed by atoms with Crippen LogP contribution in [0.2, 0.25) is 0 Å². The second-order valence-electron chi connectivity index (χ2n) is 9.03. The van der Waals surface area contributed by atoms with Crippen molar-refractivity contribution < 1.29 is 9.21 Å². The molecule has 1 atom stereocenters. The number of hydrogen-bond acceptors (Lipinski definition) is 5. The lowest BCUT2D eigenvalue weighted by atomic mass is 9.97. The summed E-state index contributed by atoms with van der Waals surface area (Å²) in [4.78, 5) is 32.6. The van der Waals surface area contributed by atoms with Crippen LogP contribution in [0.4, 0.5) is 0 Å². The first kappa shape index (κ1) is 19.5. The van der Waals surface area contributed by atoms with E-state index in [4.69, 9.17) is 9.40 Å². The zero-order valence-corrected chi connectivity index (χ0v) is 18.1. The molecule has 4 aromatic rings. The van der Waals surface area contributed by atoms with Crippen molar-refractivity contribution in [1.82, 2.24) is 24.8 Å². The van der Waals surface area contributed by atoms with E-state index in [9.17, 15) is 4.79 Å². The minimum absolute atomic E-state index is 0.186. The highest BCUT2D eigenvalue weighted by Crippen LogP contribution is 2.35. The lowest BCUT2D eigenvalue weighted by Crippen LogP contribution is -2.41. The molecular formula is C24H25N5O2. The average Bonchev–Trinajstić information content (AvgIpc) is 3.38. The number of fused-ring (bicyclic) bond motifs is 2. The third-order valence-corrected chi connectivity index (χ3v) is 5.72. The van der Waals surface area contributed by atoms with Crippen molar-refractivity contribution in [1.29, 1.82) is 0 Å². The summed E-state index contributed by atoms with van der Waals surface area (Å²) in [5.74, 6) is 0.662. The number of para-hydroxylation sites is 1. The molecule has 3 aromatic heterocycles. The van der Waals surface area contributed by atoms with Crippen molar-refractivity contribution in [3.63, 3.8) is 0 Å². The summed E-state index contributed by atoms with van der Waals surface area (Å²) in [5, 5.41) is 1.06. The molecule has 0 saturated heterocycles. The number of carbonyl (C=O) groups is 1.